The van der Waals surface area contributed by atoms with Gasteiger partial charge in [-0.3, -0.25) is 14.9 Å². The molecule has 72 valence electrons. The van der Waals surface area contributed by atoms with Gasteiger partial charge in [0.05, 0.1) is 5.92 Å². The van der Waals surface area contributed by atoms with Crippen molar-refractivity contribution >= 4 is 5.78 Å². The van der Waals surface area contributed by atoms with Crippen molar-refractivity contribution in [2.45, 2.75) is 32.7 Å². The second-order valence-corrected chi connectivity index (χ2v) is 4.78. The molecule has 2 saturated carbocycles. The number of hydrogen-bond acceptors (Lipinski definition) is 3. The lowest BCUT2D eigenvalue weighted by Gasteiger charge is -2.26. The Balaban J connectivity index is 2.23. The first-order chi connectivity index (χ1) is 5.95. The first kappa shape index (κ1) is 8.66. The highest BCUT2D eigenvalue weighted by Gasteiger charge is 2.70. The molecule has 2 aliphatic rings. The Labute approximate surface area is 76.5 Å². The molecule has 4 heteroatoms. The topological polar surface area (TPSA) is 60.2 Å². The number of carbonyl (C=O) groups excluding carboxylic acids is 1. The Hall–Kier alpha value is -0.930. The number of ketones is 1. The van der Waals surface area contributed by atoms with Crippen molar-refractivity contribution in [3.63, 3.8) is 0 Å². The Morgan fingerprint density at radius 3 is 2.62 bits per heavy atom. The summed E-state index contributed by atoms with van der Waals surface area (Å²) < 4.78 is 0. The van der Waals surface area contributed by atoms with Crippen molar-refractivity contribution in [1.29, 1.82) is 0 Å². The zero-order chi connectivity index (χ0) is 9.80. The summed E-state index contributed by atoms with van der Waals surface area (Å²) in [5.74, 6) is -0.159. The number of carbonyl (C=O) groups is 1. The lowest BCUT2D eigenvalue weighted by Crippen LogP contribution is -2.24. The summed E-state index contributed by atoms with van der Waals surface area (Å²) in [6.07, 6.45) is 1.33. The van der Waals surface area contributed by atoms with E-state index in [2.05, 4.69) is 0 Å². The van der Waals surface area contributed by atoms with Gasteiger partial charge in [-0.25, -0.2) is 0 Å². The third-order valence-corrected chi connectivity index (χ3v) is 3.52. The highest BCUT2D eigenvalue weighted by Crippen LogP contribution is 2.58. The fourth-order valence-corrected chi connectivity index (χ4v) is 2.68. The van der Waals surface area contributed by atoms with E-state index >= 15 is 0 Å². The summed E-state index contributed by atoms with van der Waals surface area (Å²) in [5, 5.41) is 10.6. The van der Waals surface area contributed by atoms with Gasteiger partial charge < -0.3 is 0 Å². The number of rotatable bonds is 1. The van der Waals surface area contributed by atoms with Crippen LogP contribution in [0.15, 0.2) is 0 Å². The molecule has 0 bridgehead atoms. The molecule has 3 atom stereocenters. The van der Waals surface area contributed by atoms with E-state index in [1.807, 2.05) is 13.8 Å². The average Bonchev–Trinajstić information content (AvgIpc) is 2.73. The molecule has 0 spiro atoms. The van der Waals surface area contributed by atoms with Gasteiger partial charge in [0, 0.05) is 17.3 Å². The molecule has 2 fully saturated rings. The zero-order valence-electron chi connectivity index (χ0n) is 7.82. The van der Waals surface area contributed by atoms with E-state index in [0.717, 1.165) is 6.42 Å². The lowest BCUT2D eigenvalue weighted by molar-refractivity contribution is -0.501. The quantitative estimate of drug-likeness (QED) is 0.454. The van der Waals surface area contributed by atoms with Gasteiger partial charge in [0.25, 0.3) is 0 Å². The van der Waals surface area contributed by atoms with Crippen LogP contribution in [0.5, 0.6) is 0 Å². The third-order valence-electron chi connectivity index (χ3n) is 3.52. The van der Waals surface area contributed by atoms with Gasteiger partial charge in [0.15, 0.2) is 0 Å². The fourth-order valence-electron chi connectivity index (χ4n) is 2.68. The van der Waals surface area contributed by atoms with Crippen LogP contribution in [0.4, 0.5) is 0 Å². The van der Waals surface area contributed by atoms with Crippen molar-refractivity contribution in [2.24, 2.45) is 17.3 Å². The molecule has 4 nitrogen and oxygen atoms in total. The molecule has 0 radical (unpaired) electrons. The zero-order valence-corrected chi connectivity index (χ0v) is 7.82. The van der Waals surface area contributed by atoms with Crippen molar-refractivity contribution in [3.05, 3.63) is 10.1 Å². The largest absolute Gasteiger partial charge is 0.299 e. The monoisotopic (exact) mass is 183 g/mol. The Bertz CT molecular complexity index is 281. The number of nitro groups is 1. The van der Waals surface area contributed by atoms with Crippen LogP contribution in [0, 0.1) is 27.4 Å². The summed E-state index contributed by atoms with van der Waals surface area (Å²) >= 11 is 0. The van der Waals surface area contributed by atoms with E-state index in [9.17, 15) is 14.9 Å². The summed E-state index contributed by atoms with van der Waals surface area (Å²) in [6, 6.07) is -0.579. The van der Waals surface area contributed by atoms with Crippen LogP contribution in [0.2, 0.25) is 0 Å². The highest BCUT2D eigenvalue weighted by atomic mass is 16.6. The van der Waals surface area contributed by atoms with Crippen LogP contribution in [0.1, 0.15) is 26.7 Å². The molecule has 13 heavy (non-hydrogen) atoms. The number of fused-ring (bicyclic) bond motifs is 1. The molecule has 2 aliphatic carbocycles. The molecule has 0 heterocycles. The van der Waals surface area contributed by atoms with Gasteiger partial charge >= 0.3 is 0 Å². The molecule has 0 aromatic rings. The van der Waals surface area contributed by atoms with Crippen LogP contribution in [0.25, 0.3) is 0 Å². The van der Waals surface area contributed by atoms with Crippen LogP contribution in [0.3, 0.4) is 0 Å². The van der Waals surface area contributed by atoms with E-state index in [-0.39, 0.29) is 28.0 Å². The molecule has 0 aliphatic heterocycles. The molecule has 0 amide bonds. The van der Waals surface area contributed by atoms with E-state index in [0.29, 0.717) is 6.42 Å². The molecule has 0 unspecified atom stereocenters. The maximum Gasteiger partial charge on any atom is 0.227 e. The van der Waals surface area contributed by atoms with Gasteiger partial charge in [0.2, 0.25) is 6.04 Å². The van der Waals surface area contributed by atoms with Crippen LogP contribution < -0.4 is 0 Å². The predicted molar refractivity (Wildman–Crippen MR) is 45.8 cm³/mol. The second-order valence-electron chi connectivity index (χ2n) is 4.78. The van der Waals surface area contributed by atoms with Crippen LogP contribution in [-0.4, -0.2) is 16.7 Å². The third kappa shape index (κ3) is 1.08. The summed E-state index contributed by atoms with van der Waals surface area (Å²) in [4.78, 5) is 21.7. The van der Waals surface area contributed by atoms with E-state index in [1.165, 1.54) is 0 Å². The first-order valence-corrected chi connectivity index (χ1v) is 4.61. The molecular formula is C9H13NO3. The van der Waals surface area contributed by atoms with Crippen molar-refractivity contribution in [1.82, 2.24) is 0 Å². The maximum atomic E-state index is 11.3. The van der Waals surface area contributed by atoms with Gasteiger partial charge in [0.1, 0.15) is 5.78 Å². The predicted octanol–water partition coefficient (Wildman–Crippen LogP) is 1.27. The lowest BCUT2D eigenvalue weighted by atomic mass is 9.76. The van der Waals surface area contributed by atoms with E-state index < -0.39 is 6.04 Å². The van der Waals surface area contributed by atoms with E-state index in [1.54, 1.807) is 0 Å². The highest BCUT2D eigenvalue weighted by molar-refractivity contribution is 5.86. The first-order valence-electron chi connectivity index (χ1n) is 4.61. The van der Waals surface area contributed by atoms with Crippen LogP contribution >= 0.6 is 0 Å². The molecule has 0 aromatic heterocycles. The normalized spacial score (nSPS) is 41.1. The maximum absolute atomic E-state index is 11.3. The standard InChI is InChI=1S/C9H13NO3/c1-9(2)4-3-5(11)6-7(9)8(6)10(12)13/h6-8H,3-4H2,1-2H3/t6-,7+,8+/m1/s1. The summed E-state index contributed by atoms with van der Waals surface area (Å²) in [7, 11) is 0. The smallest absolute Gasteiger partial charge is 0.227 e. The number of Topliss-reactive ketones (excluding diaryl/α,β-unsaturated/α-hetero) is 1. The molecule has 0 aromatic carbocycles. The minimum Gasteiger partial charge on any atom is -0.299 e. The van der Waals surface area contributed by atoms with Crippen molar-refractivity contribution in [2.75, 3.05) is 0 Å². The molecular weight excluding hydrogens is 170 g/mol. The van der Waals surface area contributed by atoms with E-state index in [4.69, 9.17) is 0 Å². The van der Waals surface area contributed by atoms with Crippen molar-refractivity contribution in [3.8, 4) is 0 Å². The Kier molecular flexibility index (Phi) is 1.54. The molecule has 0 N–H and O–H groups in total. The van der Waals surface area contributed by atoms with Crippen molar-refractivity contribution < 1.29 is 9.72 Å². The molecule has 2 rings (SSSR count). The van der Waals surface area contributed by atoms with Gasteiger partial charge in [-0.05, 0) is 11.8 Å². The van der Waals surface area contributed by atoms with Crippen LogP contribution in [-0.2, 0) is 4.79 Å². The number of nitrogens with zero attached hydrogens (tertiary/aromatic N) is 1. The summed E-state index contributed by atoms with van der Waals surface area (Å²) in [6.45, 7) is 4.06. The number of hydrogen-bond donors (Lipinski definition) is 0. The second kappa shape index (κ2) is 2.30. The summed E-state index contributed by atoms with van der Waals surface area (Å²) in [5.41, 5.74) is -0.0175. The van der Waals surface area contributed by atoms with Gasteiger partial charge in [-0.1, -0.05) is 13.8 Å². The van der Waals surface area contributed by atoms with Gasteiger partial charge in [-0.15, -0.1) is 0 Å². The minimum atomic E-state index is -0.579. The SMILES string of the molecule is CC1(C)CCC(=O)[C@H]2[C@H]([N+](=O)[O-])[C@H]21. The minimum absolute atomic E-state index is 0.00347. The fraction of sp³-hybridized carbons (Fsp3) is 0.889. The Morgan fingerprint density at radius 1 is 1.54 bits per heavy atom. The average molecular weight is 183 g/mol. The molecule has 0 saturated heterocycles. The Morgan fingerprint density at radius 2 is 2.15 bits per heavy atom. The van der Waals surface area contributed by atoms with Gasteiger partial charge in [-0.2, -0.15) is 0 Å².